The van der Waals surface area contributed by atoms with Crippen LogP contribution in [-0.2, 0) is 19.6 Å². The summed E-state index contributed by atoms with van der Waals surface area (Å²) in [5, 5.41) is 7.27. The second-order valence-electron chi connectivity index (χ2n) is 7.28. The third-order valence-electron chi connectivity index (χ3n) is 4.84. The zero-order valence-corrected chi connectivity index (χ0v) is 16.3. The molecule has 3 aromatic rings. The zero-order valence-electron chi connectivity index (χ0n) is 15.5. The molecule has 28 heavy (non-hydrogen) atoms. The van der Waals surface area contributed by atoms with Gasteiger partial charge in [0.05, 0.1) is 10.5 Å². The molecule has 0 spiro atoms. The molecule has 142 valence electrons. The first-order chi connectivity index (χ1) is 13.2. The molecule has 0 atom stereocenters. The van der Waals surface area contributed by atoms with Gasteiger partial charge < -0.3 is 4.74 Å². The number of primary sulfonamides is 1. The molecule has 0 saturated carbocycles. The van der Waals surface area contributed by atoms with Crippen LogP contribution in [-0.4, -0.2) is 19.8 Å². The summed E-state index contributed by atoms with van der Waals surface area (Å²) < 4.78 is 29.0. The molecule has 6 heteroatoms. The van der Waals surface area contributed by atoms with Gasteiger partial charge in [0.1, 0.15) is 5.76 Å². The van der Waals surface area contributed by atoms with Gasteiger partial charge in [0.2, 0.25) is 15.8 Å². The minimum Gasteiger partial charge on any atom is -0.478 e. The number of carbonyl (C=O) groups excluding carboxylic acids is 1. The fourth-order valence-corrected chi connectivity index (χ4v) is 3.88. The molecule has 0 aliphatic carbocycles. The van der Waals surface area contributed by atoms with Crippen LogP contribution in [0.2, 0.25) is 0 Å². The quantitative estimate of drug-likeness (QED) is 0.734. The first kappa shape index (κ1) is 18.4. The van der Waals surface area contributed by atoms with Gasteiger partial charge in [-0.05, 0) is 60.5 Å². The van der Waals surface area contributed by atoms with Gasteiger partial charge in [-0.1, -0.05) is 36.4 Å². The Morgan fingerprint density at radius 3 is 2.11 bits per heavy atom. The lowest BCUT2D eigenvalue weighted by atomic mass is 9.91. The highest BCUT2D eigenvalue weighted by atomic mass is 32.2. The van der Waals surface area contributed by atoms with E-state index in [2.05, 4.69) is 0 Å². The fraction of sp³-hybridized carbons (Fsp3) is 0.136. The highest BCUT2D eigenvalue weighted by Gasteiger charge is 2.42. The molecule has 0 fully saturated rings. The Morgan fingerprint density at radius 2 is 1.46 bits per heavy atom. The topological polar surface area (TPSA) is 86.5 Å². The number of Topliss-reactive ketones (excluding diaryl/α,β-unsaturated/α-hetero) is 1. The van der Waals surface area contributed by atoms with E-state index >= 15 is 0 Å². The maximum Gasteiger partial charge on any atom is 0.238 e. The molecule has 5 nitrogen and oxygen atoms in total. The molecule has 4 rings (SSSR count). The lowest BCUT2D eigenvalue weighted by molar-refractivity contribution is -0.125. The smallest absolute Gasteiger partial charge is 0.238 e. The standard InChI is InChI=1S/C22H19NO4S/c1-22(2)21(24)19(17-8-7-14-5-3-4-6-16(14)13-17)20(27-22)15-9-11-18(12-10-15)28(23,25)26/h3-13H,1-2H3,(H2,23,25,26). The predicted octanol–water partition coefficient (Wildman–Crippen LogP) is 3.73. The van der Waals surface area contributed by atoms with E-state index in [0.29, 0.717) is 16.9 Å². The van der Waals surface area contributed by atoms with Crippen LogP contribution in [0.3, 0.4) is 0 Å². The van der Waals surface area contributed by atoms with Crippen LogP contribution >= 0.6 is 0 Å². The Labute approximate surface area is 163 Å². The molecule has 0 aromatic heterocycles. The summed E-state index contributed by atoms with van der Waals surface area (Å²) in [5.41, 5.74) is 0.864. The van der Waals surface area contributed by atoms with E-state index in [1.165, 1.54) is 12.1 Å². The average Bonchev–Trinajstić information content (AvgIpc) is 2.90. The van der Waals surface area contributed by atoms with E-state index in [4.69, 9.17) is 9.88 Å². The highest BCUT2D eigenvalue weighted by Crippen LogP contribution is 2.41. The molecule has 3 aromatic carbocycles. The normalized spacial score (nSPS) is 16.5. The number of fused-ring (bicyclic) bond motifs is 1. The van der Waals surface area contributed by atoms with Gasteiger partial charge in [-0.3, -0.25) is 4.79 Å². The van der Waals surface area contributed by atoms with Crippen molar-refractivity contribution in [1.29, 1.82) is 0 Å². The summed E-state index contributed by atoms with van der Waals surface area (Å²) >= 11 is 0. The molecule has 2 N–H and O–H groups in total. The monoisotopic (exact) mass is 393 g/mol. The first-order valence-corrected chi connectivity index (χ1v) is 10.3. The number of benzene rings is 3. The van der Waals surface area contributed by atoms with Gasteiger partial charge in [0.25, 0.3) is 0 Å². The van der Waals surface area contributed by atoms with Crippen LogP contribution in [0.5, 0.6) is 0 Å². The predicted molar refractivity (Wildman–Crippen MR) is 109 cm³/mol. The molecule has 1 heterocycles. The zero-order chi connectivity index (χ0) is 20.1. The molecule has 1 aliphatic rings. The second-order valence-corrected chi connectivity index (χ2v) is 8.84. The lowest BCUT2D eigenvalue weighted by Gasteiger charge is -2.17. The molecule has 0 unspecified atom stereocenters. The number of carbonyl (C=O) groups is 1. The summed E-state index contributed by atoms with van der Waals surface area (Å²) in [6.45, 7) is 3.45. The van der Waals surface area contributed by atoms with Crippen molar-refractivity contribution in [2.75, 3.05) is 0 Å². The van der Waals surface area contributed by atoms with Gasteiger partial charge in [-0.15, -0.1) is 0 Å². The molecular weight excluding hydrogens is 374 g/mol. The third-order valence-corrected chi connectivity index (χ3v) is 5.77. The van der Waals surface area contributed by atoms with Crippen LogP contribution in [0.4, 0.5) is 0 Å². The number of nitrogens with two attached hydrogens (primary N) is 1. The number of ketones is 1. The van der Waals surface area contributed by atoms with E-state index in [9.17, 15) is 13.2 Å². The number of hydrogen-bond acceptors (Lipinski definition) is 4. The van der Waals surface area contributed by atoms with Crippen LogP contribution in [0.1, 0.15) is 25.0 Å². The minimum atomic E-state index is -3.79. The number of hydrogen-bond donors (Lipinski definition) is 1. The molecule has 0 saturated heterocycles. The van der Waals surface area contributed by atoms with Crippen LogP contribution in [0.15, 0.2) is 71.6 Å². The maximum absolute atomic E-state index is 13.1. The van der Waals surface area contributed by atoms with E-state index < -0.39 is 15.6 Å². The van der Waals surface area contributed by atoms with Crippen molar-refractivity contribution in [2.45, 2.75) is 24.3 Å². The summed E-state index contributed by atoms with van der Waals surface area (Å²) in [6, 6.07) is 19.8. The second kappa shape index (κ2) is 6.29. The van der Waals surface area contributed by atoms with Gasteiger partial charge in [0, 0.05) is 5.56 Å². The maximum atomic E-state index is 13.1. The van der Waals surface area contributed by atoms with E-state index in [1.807, 2.05) is 42.5 Å². The molecule has 1 aliphatic heterocycles. The van der Waals surface area contributed by atoms with E-state index in [1.54, 1.807) is 26.0 Å². The van der Waals surface area contributed by atoms with E-state index in [0.717, 1.165) is 16.3 Å². The lowest BCUT2D eigenvalue weighted by Crippen LogP contribution is -2.29. The Morgan fingerprint density at radius 1 is 0.857 bits per heavy atom. The largest absolute Gasteiger partial charge is 0.478 e. The first-order valence-electron chi connectivity index (χ1n) is 8.77. The van der Waals surface area contributed by atoms with Gasteiger partial charge >= 0.3 is 0 Å². The Bertz CT molecular complexity index is 1240. The Hall–Kier alpha value is -2.96. The van der Waals surface area contributed by atoms with Crippen LogP contribution in [0.25, 0.3) is 22.1 Å². The van der Waals surface area contributed by atoms with Crippen molar-refractivity contribution in [3.8, 4) is 0 Å². The molecule has 0 bridgehead atoms. The van der Waals surface area contributed by atoms with E-state index in [-0.39, 0.29) is 10.7 Å². The molecule has 0 radical (unpaired) electrons. The van der Waals surface area contributed by atoms with Gasteiger partial charge in [0.15, 0.2) is 5.60 Å². The SMILES string of the molecule is CC1(C)OC(c2ccc(S(N)(=O)=O)cc2)=C(c2ccc3ccccc3c2)C1=O. The highest BCUT2D eigenvalue weighted by molar-refractivity contribution is 7.89. The van der Waals surface area contributed by atoms with Crippen molar-refractivity contribution >= 4 is 37.9 Å². The average molecular weight is 393 g/mol. The van der Waals surface area contributed by atoms with Gasteiger partial charge in [-0.25, -0.2) is 13.6 Å². The Balaban J connectivity index is 1.89. The Kier molecular flexibility index (Phi) is 4.14. The van der Waals surface area contributed by atoms with Crippen molar-refractivity contribution in [1.82, 2.24) is 0 Å². The number of ether oxygens (including phenoxy) is 1. The third kappa shape index (κ3) is 3.10. The van der Waals surface area contributed by atoms with Crippen LogP contribution in [0, 0.1) is 0 Å². The number of sulfonamides is 1. The summed E-state index contributed by atoms with van der Waals surface area (Å²) in [5.74, 6) is 0.319. The number of rotatable bonds is 3. The summed E-state index contributed by atoms with van der Waals surface area (Å²) in [7, 11) is -3.79. The van der Waals surface area contributed by atoms with Crippen molar-refractivity contribution in [3.63, 3.8) is 0 Å². The molecular formula is C22H19NO4S. The van der Waals surface area contributed by atoms with Crippen molar-refractivity contribution < 1.29 is 17.9 Å². The summed E-state index contributed by atoms with van der Waals surface area (Å²) in [6.07, 6.45) is 0. The minimum absolute atomic E-state index is 0.00712. The van der Waals surface area contributed by atoms with Gasteiger partial charge in [-0.2, -0.15) is 0 Å². The fourth-order valence-electron chi connectivity index (χ4n) is 3.36. The van der Waals surface area contributed by atoms with Crippen molar-refractivity contribution in [2.24, 2.45) is 5.14 Å². The van der Waals surface area contributed by atoms with Crippen LogP contribution < -0.4 is 5.14 Å². The summed E-state index contributed by atoms with van der Waals surface area (Å²) in [4.78, 5) is 13.1. The molecule has 0 amide bonds. The van der Waals surface area contributed by atoms with Crippen molar-refractivity contribution in [3.05, 3.63) is 77.9 Å².